The molecule has 90 valence electrons. The predicted octanol–water partition coefficient (Wildman–Crippen LogP) is 3.48. The highest BCUT2D eigenvalue weighted by Crippen LogP contribution is 2.32. The van der Waals surface area contributed by atoms with Gasteiger partial charge >= 0.3 is 5.97 Å². The van der Waals surface area contributed by atoms with E-state index < -0.39 is 11.9 Å². The zero-order valence-corrected chi connectivity index (χ0v) is 10.3. The molecule has 3 nitrogen and oxygen atoms in total. The number of H-pyrrole nitrogens is 1. The Morgan fingerprint density at radius 2 is 1.94 bits per heavy atom. The van der Waals surface area contributed by atoms with Gasteiger partial charge < -0.3 is 10.1 Å². The van der Waals surface area contributed by atoms with E-state index in [4.69, 9.17) is 5.11 Å². The summed E-state index contributed by atoms with van der Waals surface area (Å²) >= 11 is 0. The second kappa shape index (κ2) is 4.24. The number of aliphatic carboxylic acids is 1. The molecule has 2 rings (SSSR count). The molecule has 1 atom stereocenters. The molecule has 0 aliphatic heterocycles. The van der Waals surface area contributed by atoms with E-state index in [1.54, 1.807) is 6.92 Å². The van der Waals surface area contributed by atoms with Crippen LogP contribution in [0.25, 0.3) is 10.9 Å². The molecular formula is C14H17NO2. The summed E-state index contributed by atoms with van der Waals surface area (Å²) in [4.78, 5) is 14.3. The maximum absolute atomic E-state index is 11.1. The Kier molecular flexibility index (Phi) is 2.92. The monoisotopic (exact) mass is 231 g/mol. The Morgan fingerprint density at radius 3 is 2.53 bits per heavy atom. The maximum Gasteiger partial charge on any atom is 0.310 e. The third-order valence-corrected chi connectivity index (χ3v) is 3.23. The highest BCUT2D eigenvalue weighted by atomic mass is 16.4. The number of benzene rings is 1. The van der Waals surface area contributed by atoms with Crippen molar-refractivity contribution in [2.24, 2.45) is 0 Å². The smallest absolute Gasteiger partial charge is 0.310 e. The molecule has 0 amide bonds. The van der Waals surface area contributed by atoms with Crippen LogP contribution in [0.15, 0.2) is 24.4 Å². The van der Waals surface area contributed by atoms with Crippen LogP contribution in [0.2, 0.25) is 0 Å². The fourth-order valence-electron chi connectivity index (χ4n) is 2.20. The molecule has 1 aromatic heterocycles. The minimum Gasteiger partial charge on any atom is -0.481 e. The molecule has 0 aliphatic rings. The molecule has 0 saturated carbocycles. The van der Waals surface area contributed by atoms with Gasteiger partial charge in [0, 0.05) is 17.1 Å². The van der Waals surface area contributed by atoms with Gasteiger partial charge in [0.25, 0.3) is 0 Å². The van der Waals surface area contributed by atoms with Crippen LogP contribution < -0.4 is 0 Å². The van der Waals surface area contributed by atoms with Crippen molar-refractivity contribution in [3.05, 3.63) is 35.5 Å². The molecular weight excluding hydrogens is 214 g/mol. The third kappa shape index (κ3) is 1.93. The third-order valence-electron chi connectivity index (χ3n) is 3.23. The van der Waals surface area contributed by atoms with Crippen LogP contribution in [0, 0.1) is 0 Å². The van der Waals surface area contributed by atoms with Gasteiger partial charge in [-0.05, 0) is 30.0 Å². The Labute approximate surface area is 100 Å². The Hall–Kier alpha value is -1.77. The first-order valence-electron chi connectivity index (χ1n) is 5.85. The van der Waals surface area contributed by atoms with Crippen LogP contribution >= 0.6 is 0 Å². The molecule has 0 radical (unpaired) electrons. The summed E-state index contributed by atoms with van der Waals surface area (Å²) in [5, 5.41) is 10.2. The molecule has 0 aliphatic carbocycles. The van der Waals surface area contributed by atoms with Gasteiger partial charge in [0.15, 0.2) is 0 Å². The van der Waals surface area contributed by atoms with Crippen molar-refractivity contribution in [2.45, 2.75) is 32.6 Å². The summed E-state index contributed by atoms with van der Waals surface area (Å²) < 4.78 is 0. The number of hydrogen-bond acceptors (Lipinski definition) is 1. The van der Waals surface area contributed by atoms with Crippen LogP contribution in [0.1, 0.15) is 43.7 Å². The van der Waals surface area contributed by atoms with E-state index in [0.29, 0.717) is 5.92 Å². The molecule has 17 heavy (non-hydrogen) atoms. The number of rotatable bonds is 3. The molecule has 0 bridgehead atoms. The van der Waals surface area contributed by atoms with E-state index in [9.17, 15) is 4.79 Å². The predicted molar refractivity (Wildman–Crippen MR) is 68.4 cm³/mol. The van der Waals surface area contributed by atoms with E-state index >= 15 is 0 Å². The van der Waals surface area contributed by atoms with Crippen molar-refractivity contribution in [1.82, 2.24) is 4.98 Å². The maximum atomic E-state index is 11.1. The Morgan fingerprint density at radius 1 is 1.24 bits per heavy atom. The summed E-state index contributed by atoms with van der Waals surface area (Å²) in [5.74, 6) is -0.887. The topological polar surface area (TPSA) is 53.1 Å². The first kappa shape index (κ1) is 11.7. The van der Waals surface area contributed by atoms with Crippen LogP contribution in [0.4, 0.5) is 0 Å². The lowest BCUT2D eigenvalue weighted by Gasteiger charge is -2.11. The van der Waals surface area contributed by atoms with Gasteiger partial charge in [-0.25, -0.2) is 0 Å². The van der Waals surface area contributed by atoms with Crippen LogP contribution in [-0.4, -0.2) is 16.1 Å². The van der Waals surface area contributed by atoms with Crippen molar-refractivity contribution >= 4 is 16.9 Å². The molecule has 1 aromatic carbocycles. The van der Waals surface area contributed by atoms with Crippen LogP contribution in [-0.2, 0) is 4.79 Å². The quantitative estimate of drug-likeness (QED) is 0.849. The first-order valence-corrected chi connectivity index (χ1v) is 5.85. The Bertz CT molecular complexity index is 554. The number of carbonyl (C=O) groups is 1. The number of aromatic nitrogens is 1. The zero-order valence-electron chi connectivity index (χ0n) is 10.3. The highest BCUT2D eigenvalue weighted by molar-refractivity contribution is 5.91. The summed E-state index contributed by atoms with van der Waals surface area (Å²) in [6, 6.07) is 6.06. The number of carboxylic acids is 1. The Balaban J connectivity index is 2.69. The average Bonchev–Trinajstić information content (AvgIpc) is 2.70. The van der Waals surface area contributed by atoms with Gasteiger partial charge in [-0.3, -0.25) is 4.79 Å². The van der Waals surface area contributed by atoms with Gasteiger partial charge in [-0.2, -0.15) is 0 Å². The number of carboxylic acid groups (broad SMARTS) is 1. The second-order valence-corrected chi connectivity index (χ2v) is 4.73. The van der Waals surface area contributed by atoms with E-state index in [0.717, 1.165) is 16.5 Å². The first-order chi connectivity index (χ1) is 8.02. The van der Waals surface area contributed by atoms with E-state index in [-0.39, 0.29) is 0 Å². The molecule has 0 spiro atoms. The normalized spacial score (nSPS) is 13.2. The SMILES string of the molecule is CC(C)c1cccc2[nH]cc(C(C)C(=O)O)c12. The van der Waals surface area contributed by atoms with E-state index in [1.165, 1.54) is 5.56 Å². The van der Waals surface area contributed by atoms with Gasteiger partial charge in [-0.15, -0.1) is 0 Å². The highest BCUT2D eigenvalue weighted by Gasteiger charge is 2.20. The number of aromatic amines is 1. The fraction of sp³-hybridized carbons (Fsp3) is 0.357. The summed E-state index contributed by atoms with van der Waals surface area (Å²) in [6.07, 6.45) is 1.81. The number of nitrogens with one attached hydrogen (secondary N) is 1. The molecule has 2 aromatic rings. The molecule has 2 N–H and O–H groups in total. The summed E-state index contributed by atoms with van der Waals surface area (Å²) in [6.45, 7) is 5.97. The molecule has 0 fully saturated rings. The van der Waals surface area contributed by atoms with Gasteiger partial charge in [-0.1, -0.05) is 26.0 Å². The van der Waals surface area contributed by atoms with E-state index in [1.807, 2.05) is 18.3 Å². The number of hydrogen-bond donors (Lipinski definition) is 2. The zero-order chi connectivity index (χ0) is 12.6. The largest absolute Gasteiger partial charge is 0.481 e. The molecule has 3 heteroatoms. The number of fused-ring (bicyclic) bond motifs is 1. The van der Waals surface area contributed by atoms with Crippen molar-refractivity contribution in [3.8, 4) is 0 Å². The molecule has 1 heterocycles. The van der Waals surface area contributed by atoms with Crippen molar-refractivity contribution in [3.63, 3.8) is 0 Å². The van der Waals surface area contributed by atoms with Crippen molar-refractivity contribution in [1.29, 1.82) is 0 Å². The van der Waals surface area contributed by atoms with Gasteiger partial charge in [0.1, 0.15) is 0 Å². The fourth-order valence-corrected chi connectivity index (χ4v) is 2.20. The van der Waals surface area contributed by atoms with Gasteiger partial charge in [0.05, 0.1) is 5.92 Å². The lowest BCUT2D eigenvalue weighted by Crippen LogP contribution is -2.07. The lowest BCUT2D eigenvalue weighted by molar-refractivity contribution is -0.138. The van der Waals surface area contributed by atoms with Gasteiger partial charge in [0.2, 0.25) is 0 Å². The average molecular weight is 231 g/mol. The lowest BCUT2D eigenvalue weighted by atomic mass is 9.92. The minimum absolute atomic E-state index is 0.384. The van der Waals surface area contributed by atoms with Crippen molar-refractivity contribution < 1.29 is 9.90 Å². The minimum atomic E-state index is -0.788. The summed E-state index contributed by atoms with van der Waals surface area (Å²) in [5.41, 5.74) is 3.09. The second-order valence-electron chi connectivity index (χ2n) is 4.73. The summed E-state index contributed by atoms with van der Waals surface area (Å²) in [7, 11) is 0. The van der Waals surface area contributed by atoms with E-state index in [2.05, 4.69) is 24.9 Å². The molecule has 1 unspecified atom stereocenters. The van der Waals surface area contributed by atoms with Crippen LogP contribution in [0.3, 0.4) is 0 Å². The van der Waals surface area contributed by atoms with Crippen LogP contribution in [0.5, 0.6) is 0 Å². The molecule has 0 saturated heterocycles. The van der Waals surface area contributed by atoms with Crippen molar-refractivity contribution in [2.75, 3.05) is 0 Å². The standard InChI is InChI=1S/C14H17NO2/c1-8(2)10-5-4-6-12-13(10)11(7-15-12)9(3)14(16)17/h4-9,15H,1-3H3,(H,16,17).